The molecular weight excluding hydrogens is 350 g/mol. The normalized spacial score (nSPS) is 19.6. The summed E-state index contributed by atoms with van der Waals surface area (Å²) in [5, 5.41) is 3.04. The van der Waals surface area contributed by atoms with Crippen LogP contribution in [0.25, 0.3) is 0 Å². The maximum absolute atomic E-state index is 12.5. The Kier molecular flexibility index (Phi) is 6.05. The summed E-state index contributed by atoms with van der Waals surface area (Å²) in [4.78, 5) is 17.1. The van der Waals surface area contributed by atoms with Crippen molar-refractivity contribution >= 4 is 11.6 Å². The molecule has 0 spiro atoms. The molecule has 2 aromatic carbocycles. The number of aryl methyl sites for hydroxylation is 1. The standard InChI is InChI=1S/C23H29N3O2/c1-25(22-11-8-19-4-2-3-5-21(19)22)17-23(27)24-20-9-6-18(7-10-20)16-26-12-14-28-15-13-26/h2-7,9-10,22H,8,11-17H2,1H3,(H,24,27). The van der Waals surface area contributed by atoms with E-state index in [1.807, 2.05) is 19.2 Å². The molecule has 0 saturated carbocycles. The van der Waals surface area contributed by atoms with E-state index in [4.69, 9.17) is 4.74 Å². The molecule has 1 aliphatic carbocycles. The third kappa shape index (κ3) is 4.61. The van der Waals surface area contributed by atoms with Gasteiger partial charge >= 0.3 is 0 Å². The third-order valence-electron chi connectivity index (χ3n) is 5.77. The summed E-state index contributed by atoms with van der Waals surface area (Å²) in [7, 11) is 2.04. The quantitative estimate of drug-likeness (QED) is 0.838. The van der Waals surface area contributed by atoms with E-state index >= 15 is 0 Å². The molecule has 28 heavy (non-hydrogen) atoms. The first-order valence-electron chi connectivity index (χ1n) is 10.2. The summed E-state index contributed by atoms with van der Waals surface area (Å²) in [6.07, 6.45) is 2.18. The van der Waals surface area contributed by atoms with Gasteiger partial charge in [0.1, 0.15) is 0 Å². The number of ether oxygens (including phenoxy) is 1. The zero-order chi connectivity index (χ0) is 19.3. The van der Waals surface area contributed by atoms with Crippen molar-refractivity contribution in [1.82, 2.24) is 9.80 Å². The average molecular weight is 380 g/mol. The molecule has 4 rings (SSSR count). The van der Waals surface area contributed by atoms with Gasteiger partial charge < -0.3 is 10.1 Å². The molecule has 0 aromatic heterocycles. The number of nitrogens with zero attached hydrogens (tertiary/aromatic N) is 2. The van der Waals surface area contributed by atoms with Crippen LogP contribution in [0, 0.1) is 0 Å². The highest BCUT2D eigenvalue weighted by molar-refractivity contribution is 5.92. The second-order valence-electron chi connectivity index (χ2n) is 7.80. The Balaban J connectivity index is 1.29. The number of benzene rings is 2. The minimum atomic E-state index is 0.0350. The Morgan fingerprint density at radius 1 is 1.14 bits per heavy atom. The van der Waals surface area contributed by atoms with Gasteiger partial charge in [0.2, 0.25) is 5.91 Å². The predicted molar refractivity (Wildman–Crippen MR) is 111 cm³/mol. The summed E-state index contributed by atoms with van der Waals surface area (Å²) >= 11 is 0. The number of fused-ring (bicyclic) bond motifs is 1. The Hall–Kier alpha value is -2.21. The van der Waals surface area contributed by atoms with Crippen LogP contribution < -0.4 is 5.32 Å². The van der Waals surface area contributed by atoms with Crippen molar-refractivity contribution in [2.75, 3.05) is 45.2 Å². The van der Waals surface area contributed by atoms with Crippen molar-refractivity contribution in [2.45, 2.75) is 25.4 Å². The largest absolute Gasteiger partial charge is 0.379 e. The Labute approximate surface area is 167 Å². The van der Waals surface area contributed by atoms with Crippen LogP contribution in [0.15, 0.2) is 48.5 Å². The lowest BCUT2D eigenvalue weighted by molar-refractivity contribution is -0.117. The molecule has 1 saturated heterocycles. The molecule has 2 aromatic rings. The van der Waals surface area contributed by atoms with E-state index in [2.05, 4.69) is 51.5 Å². The van der Waals surface area contributed by atoms with Crippen LogP contribution in [-0.4, -0.2) is 55.6 Å². The number of carbonyl (C=O) groups excluding carboxylic acids is 1. The number of nitrogens with one attached hydrogen (secondary N) is 1. The van der Waals surface area contributed by atoms with Gasteiger partial charge in [-0.2, -0.15) is 0 Å². The fourth-order valence-electron chi connectivity index (χ4n) is 4.24. The first kappa shape index (κ1) is 19.1. The highest BCUT2D eigenvalue weighted by atomic mass is 16.5. The molecule has 2 aliphatic rings. The number of rotatable bonds is 6. The van der Waals surface area contributed by atoms with Crippen molar-refractivity contribution in [1.29, 1.82) is 0 Å². The SMILES string of the molecule is CN(CC(=O)Nc1ccc(CN2CCOCC2)cc1)C1CCc2ccccc21. The molecular formula is C23H29N3O2. The molecule has 1 N–H and O–H groups in total. The van der Waals surface area contributed by atoms with E-state index in [9.17, 15) is 4.79 Å². The van der Waals surface area contributed by atoms with Gasteiger partial charge in [0.15, 0.2) is 0 Å². The van der Waals surface area contributed by atoms with Crippen LogP contribution in [0.2, 0.25) is 0 Å². The third-order valence-corrected chi connectivity index (χ3v) is 5.77. The van der Waals surface area contributed by atoms with Crippen molar-refractivity contribution in [3.8, 4) is 0 Å². The van der Waals surface area contributed by atoms with Crippen LogP contribution >= 0.6 is 0 Å². The second-order valence-corrected chi connectivity index (χ2v) is 7.80. The van der Waals surface area contributed by atoms with Crippen LogP contribution in [0.3, 0.4) is 0 Å². The van der Waals surface area contributed by atoms with Crippen LogP contribution in [-0.2, 0) is 22.5 Å². The maximum Gasteiger partial charge on any atom is 0.238 e. The minimum absolute atomic E-state index is 0.0350. The van der Waals surface area contributed by atoms with Gasteiger partial charge in [0, 0.05) is 31.4 Å². The smallest absolute Gasteiger partial charge is 0.238 e. The van der Waals surface area contributed by atoms with Gasteiger partial charge in [-0.3, -0.25) is 14.6 Å². The molecule has 5 heteroatoms. The number of hydrogen-bond donors (Lipinski definition) is 1. The molecule has 148 valence electrons. The minimum Gasteiger partial charge on any atom is -0.379 e. The Morgan fingerprint density at radius 3 is 2.68 bits per heavy atom. The lowest BCUT2D eigenvalue weighted by atomic mass is 10.1. The molecule has 1 amide bonds. The summed E-state index contributed by atoms with van der Waals surface area (Å²) in [5.74, 6) is 0.0350. The monoisotopic (exact) mass is 379 g/mol. The Bertz CT molecular complexity index is 800. The van der Waals surface area contributed by atoms with Crippen molar-refractivity contribution in [2.24, 2.45) is 0 Å². The van der Waals surface area contributed by atoms with E-state index in [0.29, 0.717) is 12.6 Å². The molecule has 0 radical (unpaired) electrons. The van der Waals surface area contributed by atoms with Crippen molar-refractivity contribution in [3.05, 3.63) is 65.2 Å². The van der Waals surface area contributed by atoms with Gasteiger partial charge in [-0.15, -0.1) is 0 Å². The fourth-order valence-corrected chi connectivity index (χ4v) is 4.24. The number of likely N-dealkylation sites (N-methyl/N-ethyl adjacent to an activating group) is 1. The van der Waals surface area contributed by atoms with Crippen molar-refractivity contribution in [3.63, 3.8) is 0 Å². The first-order chi connectivity index (χ1) is 13.7. The molecule has 0 bridgehead atoms. The molecule has 1 aliphatic heterocycles. The summed E-state index contributed by atoms with van der Waals surface area (Å²) < 4.78 is 5.40. The van der Waals surface area contributed by atoms with Crippen molar-refractivity contribution < 1.29 is 9.53 Å². The predicted octanol–water partition coefficient (Wildman–Crippen LogP) is 3.08. The topological polar surface area (TPSA) is 44.8 Å². The van der Waals surface area contributed by atoms with E-state index in [0.717, 1.165) is 51.4 Å². The van der Waals surface area contributed by atoms with E-state index < -0.39 is 0 Å². The van der Waals surface area contributed by atoms with Crippen LogP contribution in [0.5, 0.6) is 0 Å². The molecule has 1 fully saturated rings. The van der Waals surface area contributed by atoms with E-state index in [1.165, 1.54) is 16.7 Å². The maximum atomic E-state index is 12.5. The van der Waals surface area contributed by atoms with Gasteiger partial charge in [-0.1, -0.05) is 36.4 Å². The Morgan fingerprint density at radius 2 is 1.89 bits per heavy atom. The summed E-state index contributed by atoms with van der Waals surface area (Å²) in [6.45, 7) is 4.92. The zero-order valence-electron chi connectivity index (χ0n) is 16.6. The van der Waals surface area contributed by atoms with Crippen LogP contribution in [0.4, 0.5) is 5.69 Å². The molecule has 1 heterocycles. The average Bonchev–Trinajstić information content (AvgIpc) is 3.14. The van der Waals surface area contributed by atoms with Gasteiger partial charge in [-0.25, -0.2) is 0 Å². The highest BCUT2D eigenvalue weighted by Crippen LogP contribution is 2.34. The van der Waals surface area contributed by atoms with E-state index in [1.54, 1.807) is 0 Å². The molecule has 1 unspecified atom stereocenters. The van der Waals surface area contributed by atoms with Gasteiger partial charge in [0.05, 0.1) is 19.8 Å². The first-order valence-corrected chi connectivity index (χ1v) is 10.2. The second kappa shape index (κ2) is 8.86. The summed E-state index contributed by atoms with van der Waals surface area (Å²) in [5.41, 5.74) is 4.90. The number of morpholine rings is 1. The van der Waals surface area contributed by atoms with Gasteiger partial charge in [0.25, 0.3) is 0 Å². The lowest BCUT2D eigenvalue weighted by Crippen LogP contribution is -2.35. The summed E-state index contributed by atoms with van der Waals surface area (Å²) in [6, 6.07) is 17.1. The zero-order valence-corrected chi connectivity index (χ0v) is 16.6. The van der Waals surface area contributed by atoms with Crippen LogP contribution in [0.1, 0.15) is 29.2 Å². The number of amides is 1. The number of anilines is 1. The number of carbonyl (C=O) groups is 1. The molecule has 5 nitrogen and oxygen atoms in total. The number of hydrogen-bond acceptors (Lipinski definition) is 4. The molecule has 1 atom stereocenters. The highest BCUT2D eigenvalue weighted by Gasteiger charge is 2.26. The fraction of sp³-hybridized carbons (Fsp3) is 0.435. The lowest BCUT2D eigenvalue weighted by Gasteiger charge is -2.26. The van der Waals surface area contributed by atoms with Gasteiger partial charge in [-0.05, 0) is 48.7 Å². The van der Waals surface area contributed by atoms with E-state index in [-0.39, 0.29) is 5.91 Å².